The van der Waals surface area contributed by atoms with Gasteiger partial charge in [0.05, 0.1) is 0 Å². The van der Waals surface area contributed by atoms with Gasteiger partial charge in [-0.25, -0.2) is 9.97 Å². The Bertz CT molecular complexity index is 1620. The van der Waals surface area contributed by atoms with E-state index in [4.69, 9.17) is 9.97 Å². The van der Waals surface area contributed by atoms with Crippen molar-refractivity contribution in [3.63, 3.8) is 0 Å². The fraction of sp³-hybridized carbons (Fsp3) is 0.128. The van der Waals surface area contributed by atoms with E-state index in [1.165, 1.54) is 27.8 Å². The van der Waals surface area contributed by atoms with Gasteiger partial charge in [-0.1, -0.05) is 101 Å². The van der Waals surface area contributed by atoms with Crippen LogP contribution in [0.5, 0.6) is 0 Å². The maximum atomic E-state index is 5.22. The molecule has 0 saturated heterocycles. The van der Waals surface area contributed by atoms with E-state index in [0.717, 1.165) is 39.9 Å². The highest BCUT2D eigenvalue weighted by Gasteiger charge is 2.21. The molecule has 1 heterocycles. The van der Waals surface area contributed by atoms with Gasteiger partial charge in [-0.05, 0) is 83.1 Å². The Kier molecular flexibility index (Phi) is 7.76. The normalized spacial score (nSPS) is 10.9. The molecule has 0 bridgehead atoms. The number of aryl methyl sites for hydroxylation is 5. The van der Waals surface area contributed by atoms with Gasteiger partial charge in [0.2, 0.25) is 0 Å². The Labute approximate surface area is 255 Å². The maximum Gasteiger partial charge on any atom is 0.163 e. The van der Waals surface area contributed by atoms with Gasteiger partial charge in [-0.2, -0.15) is 0 Å². The van der Waals surface area contributed by atoms with Crippen LogP contribution in [-0.4, -0.2) is 9.97 Å². The van der Waals surface area contributed by atoms with Crippen LogP contribution in [0.2, 0.25) is 0 Å². The van der Waals surface area contributed by atoms with E-state index in [-0.39, 0.29) is 0 Å². The molecule has 0 saturated carbocycles. The number of benzene rings is 5. The number of nitrogens with zero attached hydrogens (tertiary/aromatic N) is 4. The molecule has 6 aromatic rings. The van der Waals surface area contributed by atoms with E-state index < -0.39 is 0 Å². The number of hydrogen-bond donors (Lipinski definition) is 0. The lowest BCUT2D eigenvalue weighted by Crippen LogP contribution is -2.16. The van der Waals surface area contributed by atoms with E-state index in [1.54, 1.807) is 0 Å². The van der Waals surface area contributed by atoms with Crippen molar-refractivity contribution >= 4 is 34.4 Å². The van der Waals surface area contributed by atoms with Crippen LogP contribution in [0.4, 0.5) is 34.4 Å². The maximum absolute atomic E-state index is 5.22. The van der Waals surface area contributed by atoms with Crippen molar-refractivity contribution in [1.29, 1.82) is 0 Å². The molecule has 6 rings (SSSR count). The van der Waals surface area contributed by atoms with Crippen LogP contribution in [0.1, 0.15) is 27.8 Å². The van der Waals surface area contributed by atoms with Crippen molar-refractivity contribution in [1.82, 2.24) is 9.97 Å². The standard InChI is InChI=1S/C39H36N4/c1-27-6-16-32(17-7-27)39-40-37(42(33-18-8-28(2)9-19-33)34-20-10-29(3)11-21-34)26-38(41-39)43(35-22-12-30(4)13-23-35)36-24-14-31(5)15-25-36/h6-26H,1-5H3. The molecule has 0 fully saturated rings. The van der Waals surface area contributed by atoms with E-state index in [2.05, 4.69) is 172 Å². The van der Waals surface area contributed by atoms with Gasteiger partial charge in [0.1, 0.15) is 11.6 Å². The summed E-state index contributed by atoms with van der Waals surface area (Å²) >= 11 is 0. The fourth-order valence-electron chi connectivity index (χ4n) is 5.09. The highest BCUT2D eigenvalue weighted by atomic mass is 15.3. The minimum atomic E-state index is 0.668. The topological polar surface area (TPSA) is 32.3 Å². The van der Waals surface area contributed by atoms with E-state index in [1.807, 2.05) is 0 Å². The van der Waals surface area contributed by atoms with Crippen LogP contribution >= 0.6 is 0 Å². The van der Waals surface area contributed by atoms with Crippen molar-refractivity contribution in [3.8, 4) is 11.4 Å². The minimum Gasteiger partial charge on any atom is -0.295 e. The molecule has 0 aliphatic rings. The number of anilines is 6. The highest BCUT2D eigenvalue weighted by Crippen LogP contribution is 2.40. The number of aromatic nitrogens is 2. The van der Waals surface area contributed by atoms with Crippen LogP contribution in [0.25, 0.3) is 11.4 Å². The van der Waals surface area contributed by atoms with Crippen molar-refractivity contribution in [3.05, 3.63) is 155 Å². The predicted molar refractivity (Wildman–Crippen MR) is 181 cm³/mol. The molecule has 0 aliphatic carbocycles. The first-order valence-corrected chi connectivity index (χ1v) is 14.7. The smallest absolute Gasteiger partial charge is 0.163 e. The monoisotopic (exact) mass is 560 g/mol. The number of rotatable bonds is 7. The lowest BCUT2D eigenvalue weighted by molar-refractivity contribution is 1.09. The van der Waals surface area contributed by atoms with Crippen LogP contribution < -0.4 is 9.80 Å². The fourth-order valence-corrected chi connectivity index (χ4v) is 5.09. The summed E-state index contributed by atoms with van der Waals surface area (Å²) < 4.78 is 0. The molecule has 43 heavy (non-hydrogen) atoms. The molecule has 4 nitrogen and oxygen atoms in total. The molecular weight excluding hydrogens is 524 g/mol. The SMILES string of the molecule is Cc1ccc(-c2nc(N(c3ccc(C)cc3)c3ccc(C)cc3)cc(N(c3ccc(C)cc3)c3ccc(C)cc3)n2)cc1. The van der Waals surface area contributed by atoms with E-state index in [0.29, 0.717) is 5.82 Å². The van der Waals surface area contributed by atoms with E-state index >= 15 is 0 Å². The first-order valence-electron chi connectivity index (χ1n) is 14.7. The van der Waals surface area contributed by atoms with Crippen LogP contribution in [0.3, 0.4) is 0 Å². The Balaban J connectivity index is 1.62. The third kappa shape index (κ3) is 6.19. The van der Waals surface area contributed by atoms with Gasteiger partial charge < -0.3 is 0 Å². The second-order valence-electron chi connectivity index (χ2n) is 11.3. The molecule has 0 atom stereocenters. The molecule has 0 radical (unpaired) electrons. The molecule has 5 aromatic carbocycles. The van der Waals surface area contributed by atoms with Gasteiger partial charge in [-0.15, -0.1) is 0 Å². The Morgan fingerprint density at radius 2 is 0.605 bits per heavy atom. The van der Waals surface area contributed by atoms with Crippen molar-refractivity contribution in [2.75, 3.05) is 9.80 Å². The zero-order chi connectivity index (χ0) is 29.9. The van der Waals surface area contributed by atoms with Crippen molar-refractivity contribution < 1.29 is 0 Å². The van der Waals surface area contributed by atoms with Crippen LogP contribution in [-0.2, 0) is 0 Å². The summed E-state index contributed by atoms with van der Waals surface area (Å²) in [5, 5.41) is 0. The Morgan fingerprint density at radius 1 is 0.349 bits per heavy atom. The van der Waals surface area contributed by atoms with Crippen molar-refractivity contribution in [2.45, 2.75) is 34.6 Å². The largest absolute Gasteiger partial charge is 0.295 e. The van der Waals surface area contributed by atoms with Gasteiger partial charge in [0, 0.05) is 34.4 Å². The molecule has 0 N–H and O–H groups in total. The van der Waals surface area contributed by atoms with Gasteiger partial charge in [0.25, 0.3) is 0 Å². The first kappa shape index (κ1) is 27.9. The minimum absolute atomic E-state index is 0.668. The average molecular weight is 561 g/mol. The Morgan fingerprint density at radius 3 is 0.884 bits per heavy atom. The Hall–Kier alpha value is -5.22. The number of hydrogen-bond acceptors (Lipinski definition) is 4. The summed E-state index contributed by atoms with van der Waals surface area (Å²) in [6.07, 6.45) is 0. The average Bonchev–Trinajstić information content (AvgIpc) is 3.01. The molecule has 0 unspecified atom stereocenters. The predicted octanol–water partition coefficient (Wildman–Crippen LogP) is 10.6. The second kappa shape index (κ2) is 11.9. The summed E-state index contributed by atoms with van der Waals surface area (Å²) in [5.41, 5.74) is 11.1. The van der Waals surface area contributed by atoms with Gasteiger partial charge in [0.15, 0.2) is 5.82 Å². The summed E-state index contributed by atoms with van der Waals surface area (Å²) in [6, 6.07) is 44.9. The quantitative estimate of drug-likeness (QED) is 0.194. The van der Waals surface area contributed by atoms with Crippen molar-refractivity contribution in [2.24, 2.45) is 0 Å². The molecule has 0 spiro atoms. The lowest BCUT2D eigenvalue weighted by Gasteiger charge is -2.29. The third-order valence-electron chi connectivity index (χ3n) is 7.64. The van der Waals surface area contributed by atoms with E-state index in [9.17, 15) is 0 Å². The third-order valence-corrected chi connectivity index (χ3v) is 7.64. The summed E-state index contributed by atoms with van der Waals surface area (Å²) in [7, 11) is 0. The second-order valence-corrected chi connectivity index (χ2v) is 11.3. The summed E-state index contributed by atoms with van der Waals surface area (Å²) in [5.74, 6) is 2.25. The van der Waals surface area contributed by atoms with Gasteiger partial charge in [-0.3, -0.25) is 9.80 Å². The zero-order valence-corrected chi connectivity index (χ0v) is 25.4. The van der Waals surface area contributed by atoms with Gasteiger partial charge >= 0.3 is 0 Å². The molecule has 0 aliphatic heterocycles. The summed E-state index contributed by atoms with van der Waals surface area (Å²) in [4.78, 5) is 14.9. The zero-order valence-electron chi connectivity index (χ0n) is 25.4. The molecule has 1 aromatic heterocycles. The molecule has 0 amide bonds. The first-order chi connectivity index (χ1) is 20.8. The summed E-state index contributed by atoms with van der Waals surface area (Å²) in [6.45, 7) is 10.5. The highest BCUT2D eigenvalue weighted by molar-refractivity contribution is 5.81. The lowest BCUT2D eigenvalue weighted by atomic mass is 10.1. The van der Waals surface area contributed by atoms with Crippen LogP contribution in [0, 0.1) is 34.6 Å². The molecule has 212 valence electrons. The molecular formula is C39H36N4. The van der Waals surface area contributed by atoms with Crippen LogP contribution in [0.15, 0.2) is 127 Å². The molecule has 4 heteroatoms.